The smallest absolute Gasteiger partial charge is 0.413 e. The van der Waals surface area contributed by atoms with Gasteiger partial charge in [-0.05, 0) is 24.8 Å². The summed E-state index contributed by atoms with van der Waals surface area (Å²) >= 11 is 0. The third-order valence-electron chi connectivity index (χ3n) is 4.06. The van der Waals surface area contributed by atoms with Gasteiger partial charge in [-0.25, -0.2) is 9.59 Å². The molecule has 0 bridgehead atoms. The number of amides is 1. The van der Waals surface area contributed by atoms with Crippen LogP contribution in [0.25, 0.3) is 0 Å². The Morgan fingerprint density at radius 3 is 2.54 bits per heavy atom. The highest BCUT2D eigenvalue weighted by Crippen LogP contribution is 2.46. The number of hydrogen-bond acceptors (Lipinski definition) is 5. The molecule has 132 valence electrons. The van der Waals surface area contributed by atoms with Gasteiger partial charge in [0.05, 0.1) is 6.61 Å². The highest BCUT2D eigenvalue weighted by atomic mass is 16.6. The van der Waals surface area contributed by atoms with Crippen LogP contribution in [0, 0.1) is 5.92 Å². The summed E-state index contributed by atoms with van der Waals surface area (Å²) in [6.07, 6.45) is -0.886. The second-order valence-electron chi connectivity index (χ2n) is 6.26. The summed E-state index contributed by atoms with van der Waals surface area (Å²) < 4.78 is 16.1. The summed E-state index contributed by atoms with van der Waals surface area (Å²) in [5.74, 6) is -0.315. The van der Waals surface area contributed by atoms with E-state index < -0.39 is 23.7 Å². The third kappa shape index (κ3) is 3.24. The van der Waals surface area contributed by atoms with Crippen molar-refractivity contribution in [1.82, 2.24) is 4.90 Å². The minimum Gasteiger partial charge on any atom is -0.464 e. The second kappa shape index (κ2) is 7.66. The molecule has 1 amide bonds. The van der Waals surface area contributed by atoms with Gasteiger partial charge in [0, 0.05) is 7.11 Å². The standard InChI is InChI=1S/C18H25NO5/c1-5-23-16(20)18(11-13(2)3)15(14-9-7-6-8-10-14)24-17(21)19(18)12-22-4/h6-10,13,15H,5,11-12H2,1-4H3/t15-,18+/m1/s1. The van der Waals surface area contributed by atoms with E-state index in [1.54, 1.807) is 6.92 Å². The first-order valence-corrected chi connectivity index (χ1v) is 8.16. The molecule has 0 aliphatic carbocycles. The lowest BCUT2D eigenvalue weighted by molar-refractivity contribution is -0.161. The predicted molar refractivity (Wildman–Crippen MR) is 88.2 cm³/mol. The van der Waals surface area contributed by atoms with Crippen LogP contribution in [-0.2, 0) is 19.0 Å². The summed E-state index contributed by atoms with van der Waals surface area (Å²) in [4.78, 5) is 26.8. The molecule has 0 aromatic heterocycles. The number of esters is 1. The van der Waals surface area contributed by atoms with Crippen molar-refractivity contribution in [3.63, 3.8) is 0 Å². The van der Waals surface area contributed by atoms with Gasteiger partial charge in [-0.15, -0.1) is 0 Å². The maximum atomic E-state index is 13.0. The molecule has 0 radical (unpaired) electrons. The molecule has 24 heavy (non-hydrogen) atoms. The number of benzene rings is 1. The predicted octanol–water partition coefficient (Wildman–Crippen LogP) is 3.13. The minimum absolute atomic E-state index is 0.0340. The van der Waals surface area contributed by atoms with Crippen LogP contribution in [0.4, 0.5) is 4.79 Å². The molecule has 0 saturated carbocycles. The zero-order valence-electron chi connectivity index (χ0n) is 14.7. The van der Waals surface area contributed by atoms with E-state index in [0.29, 0.717) is 6.42 Å². The molecular weight excluding hydrogens is 310 g/mol. The SMILES string of the molecule is CCOC(=O)[C@]1(CC(C)C)[C@@H](c2ccccc2)OC(=O)N1COC. The lowest BCUT2D eigenvalue weighted by Gasteiger charge is -2.37. The van der Waals surface area contributed by atoms with Crippen molar-refractivity contribution in [2.45, 2.75) is 38.8 Å². The number of rotatable bonds is 7. The van der Waals surface area contributed by atoms with Crippen LogP contribution in [0.1, 0.15) is 38.9 Å². The molecule has 2 rings (SSSR count). The van der Waals surface area contributed by atoms with E-state index in [4.69, 9.17) is 14.2 Å². The minimum atomic E-state index is -1.24. The van der Waals surface area contributed by atoms with Crippen molar-refractivity contribution in [3.05, 3.63) is 35.9 Å². The molecule has 1 fully saturated rings. The Hall–Kier alpha value is -2.08. The first-order chi connectivity index (χ1) is 11.5. The molecule has 2 atom stereocenters. The zero-order valence-corrected chi connectivity index (χ0v) is 14.7. The monoisotopic (exact) mass is 335 g/mol. The van der Waals surface area contributed by atoms with Gasteiger partial charge >= 0.3 is 12.1 Å². The van der Waals surface area contributed by atoms with Gasteiger partial charge in [0.2, 0.25) is 0 Å². The van der Waals surface area contributed by atoms with Crippen LogP contribution < -0.4 is 0 Å². The quantitative estimate of drug-likeness (QED) is 0.716. The molecule has 1 saturated heterocycles. The first-order valence-electron chi connectivity index (χ1n) is 8.16. The van der Waals surface area contributed by atoms with Crippen LogP contribution >= 0.6 is 0 Å². The maximum Gasteiger partial charge on any atom is 0.413 e. The summed E-state index contributed by atoms with van der Waals surface area (Å²) in [6, 6.07) is 9.29. The van der Waals surface area contributed by atoms with Gasteiger partial charge in [-0.3, -0.25) is 4.90 Å². The number of hydrogen-bond donors (Lipinski definition) is 0. The van der Waals surface area contributed by atoms with Crippen molar-refractivity contribution in [3.8, 4) is 0 Å². The lowest BCUT2D eigenvalue weighted by Crippen LogP contribution is -2.56. The number of nitrogens with zero attached hydrogens (tertiary/aromatic N) is 1. The molecule has 0 unspecified atom stereocenters. The number of carbonyl (C=O) groups excluding carboxylic acids is 2. The van der Waals surface area contributed by atoms with Gasteiger partial charge in [-0.1, -0.05) is 44.2 Å². The summed E-state index contributed by atoms with van der Waals surface area (Å²) in [6.45, 7) is 5.94. The summed E-state index contributed by atoms with van der Waals surface area (Å²) in [5, 5.41) is 0. The van der Waals surface area contributed by atoms with Crippen molar-refractivity contribution in [2.24, 2.45) is 5.92 Å². The fourth-order valence-corrected chi connectivity index (χ4v) is 3.23. The molecule has 0 spiro atoms. The highest BCUT2D eigenvalue weighted by molar-refractivity contribution is 5.90. The molecule has 0 N–H and O–H groups in total. The molecule has 1 aliphatic rings. The van der Waals surface area contributed by atoms with E-state index in [1.165, 1.54) is 12.0 Å². The van der Waals surface area contributed by atoms with Crippen LogP contribution in [-0.4, -0.2) is 42.9 Å². The molecule has 1 heterocycles. The van der Waals surface area contributed by atoms with E-state index in [1.807, 2.05) is 44.2 Å². The lowest BCUT2D eigenvalue weighted by atomic mass is 9.80. The Labute approximate surface area is 142 Å². The van der Waals surface area contributed by atoms with Gasteiger partial charge in [-0.2, -0.15) is 0 Å². The molecular formula is C18H25NO5. The number of cyclic esters (lactones) is 1. The summed E-state index contributed by atoms with van der Waals surface area (Å²) in [5.41, 5.74) is -0.475. The Bertz CT molecular complexity index is 574. The normalized spacial score (nSPS) is 23.5. The van der Waals surface area contributed by atoms with Crippen LogP contribution in [0.2, 0.25) is 0 Å². The van der Waals surface area contributed by atoms with Crippen molar-refractivity contribution in [2.75, 3.05) is 20.4 Å². The Morgan fingerprint density at radius 1 is 1.33 bits per heavy atom. The molecule has 1 aromatic rings. The van der Waals surface area contributed by atoms with Crippen LogP contribution in [0.15, 0.2) is 30.3 Å². The number of carbonyl (C=O) groups is 2. The molecule has 1 aliphatic heterocycles. The van der Waals surface area contributed by atoms with Crippen molar-refractivity contribution in [1.29, 1.82) is 0 Å². The topological polar surface area (TPSA) is 65.1 Å². The van der Waals surface area contributed by atoms with Crippen LogP contribution in [0.3, 0.4) is 0 Å². The highest BCUT2D eigenvalue weighted by Gasteiger charge is 2.61. The van der Waals surface area contributed by atoms with Gasteiger partial charge in [0.1, 0.15) is 6.73 Å². The van der Waals surface area contributed by atoms with E-state index in [9.17, 15) is 9.59 Å². The third-order valence-corrected chi connectivity index (χ3v) is 4.06. The van der Waals surface area contributed by atoms with Crippen LogP contribution in [0.5, 0.6) is 0 Å². The van der Waals surface area contributed by atoms with Crippen molar-refractivity contribution >= 4 is 12.1 Å². The van der Waals surface area contributed by atoms with E-state index in [-0.39, 0.29) is 19.3 Å². The van der Waals surface area contributed by atoms with E-state index in [0.717, 1.165) is 5.56 Å². The van der Waals surface area contributed by atoms with E-state index >= 15 is 0 Å². The van der Waals surface area contributed by atoms with Crippen molar-refractivity contribution < 1.29 is 23.8 Å². The number of methoxy groups -OCH3 is 1. The van der Waals surface area contributed by atoms with Gasteiger partial charge < -0.3 is 14.2 Å². The maximum absolute atomic E-state index is 13.0. The Balaban J connectivity index is 2.57. The van der Waals surface area contributed by atoms with Gasteiger partial charge in [0.15, 0.2) is 11.6 Å². The second-order valence-corrected chi connectivity index (χ2v) is 6.26. The molecule has 1 aromatic carbocycles. The largest absolute Gasteiger partial charge is 0.464 e. The number of ether oxygens (including phenoxy) is 3. The fourth-order valence-electron chi connectivity index (χ4n) is 3.23. The Kier molecular flexibility index (Phi) is 5.83. The van der Waals surface area contributed by atoms with E-state index in [2.05, 4.69) is 0 Å². The average Bonchev–Trinajstić information content (AvgIpc) is 2.82. The fraction of sp³-hybridized carbons (Fsp3) is 0.556. The Morgan fingerprint density at radius 2 is 2.00 bits per heavy atom. The molecule has 6 nitrogen and oxygen atoms in total. The zero-order chi connectivity index (χ0) is 17.7. The first kappa shape index (κ1) is 18.3. The average molecular weight is 335 g/mol. The summed E-state index contributed by atoms with van der Waals surface area (Å²) in [7, 11) is 1.48. The van der Waals surface area contributed by atoms with Gasteiger partial charge in [0.25, 0.3) is 0 Å². The molecule has 6 heteroatoms.